The van der Waals surface area contributed by atoms with Crippen LogP contribution in [0.15, 0.2) is 48.5 Å². The SMILES string of the molecule is c1ccc(C2CCCCC2)c(COCc2ccccc2C2CCCCC2)c1. The fourth-order valence-corrected chi connectivity index (χ4v) is 5.23. The van der Waals surface area contributed by atoms with Crippen LogP contribution in [-0.2, 0) is 18.0 Å². The van der Waals surface area contributed by atoms with Gasteiger partial charge in [0.2, 0.25) is 0 Å². The monoisotopic (exact) mass is 362 g/mol. The molecular weight excluding hydrogens is 328 g/mol. The molecule has 0 N–H and O–H groups in total. The first-order valence-electron chi connectivity index (χ1n) is 11.1. The minimum Gasteiger partial charge on any atom is -0.372 e. The van der Waals surface area contributed by atoms with Crippen molar-refractivity contribution in [2.24, 2.45) is 0 Å². The minimum atomic E-state index is 0.742. The van der Waals surface area contributed by atoms with Gasteiger partial charge in [-0.25, -0.2) is 0 Å². The zero-order valence-electron chi connectivity index (χ0n) is 16.7. The summed E-state index contributed by atoms with van der Waals surface area (Å²) >= 11 is 0. The van der Waals surface area contributed by atoms with Crippen LogP contribution in [0.1, 0.15) is 98.3 Å². The van der Waals surface area contributed by atoms with E-state index in [4.69, 9.17) is 4.74 Å². The van der Waals surface area contributed by atoms with Crippen molar-refractivity contribution in [2.75, 3.05) is 0 Å². The van der Waals surface area contributed by atoms with E-state index in [9.17, 15) is 0 Å². The zero-order valence-corrected chi connectivity index (χ0v) is 16.7. The quantitative estimate of drug-likeness (QED) is 0.517. The van der Waals surface area contributed by atoms with Crippen LogP contribution in [-0.4, -0.2) is 0 Å². The molecule has 1 nitrogen and oxygen atoms in total. The second kappa shape index (κ2) is 9.55. The van der Waals surface area contributed by atoms with Gasteiger partial charge >= 0.3 is 0 Å². The van der Waals surface area contributed by atoms with Crippen molar-refractivity contribution in [2.45, 2.75) is 89.3 Å². The molecule has 2 aromatic carbocycles. The normalized spacial score (nSPS) is 19.3. The number of ether oxygens (including phenoxy) is 1. The predicted octanol–water partition coefficient (Wildman–Crippen LogP) is 7.50. The van der Waals surface area contributed by atoms with Gasteiger partial charge in [0.1, 0.15) is 0 Å². The van der Waals surface area contributed by atoms with E-state index in [1.807, 2.05) is 0 Å². The Balaban J connectivity index is 1.41. The number of rotatable bonds is 6. The molecule has 0 heterocycles. The number of hydrogen-bond donors (Lipinski definition) is 0. The van der Waals surface area contributed by atoms with Gasteiger partial charge < -0.3 is 4.74 Å². The Morgan fingerprint density at radius 1 is 0.556 bits per heavy atom. The minimum absolute atomic E-state index is 0.742. The lowest BCUT2D eigenvalue weighted by atomic mass is 9.82. The third-order valence-electron chi connectivity index (χ3n) is 6.72. The second-order valence-corrected chi connectivity index (χ2v) is 8.56. The van der Waals surface area contributed by atoms with Crippen molar-refractivity contribution in [1.29, 1.82) is 0 Å². The summed E-state index contributed by atoms with van der Waals surface area (Å²) in [5.41, 5.74) is 5.88. The third-order valence-corrected chi connectivity index (χ3v) is 6.72. The van der Waals surface area contributed by atoms with Crippen molar-refractivity contribution in [3.8, 4) is 0 Å². The van der Waals surface area contributed by atoms with E-state index in [1.165, 1.54) is 86.5 Å². The lowest BCUT2D eigenvalue weighted by Gasteiger charge is -2.25. The molecule has 2 fully saturated rings. The fraction of sp³-hybridized carbons (Fsp3) is 0.538. The van der Waals surface area contributed by atoms with Gasteiger partial charge in [-0.05, 0) is 59.8 Å². The fourth-order valence-electron chi connectivity index (χ4n) is 5.23. The molecule has 0 amide bonds. The molecule has 0 spiro atoms. The lowest BCUT2D eigenvalue weighted by molar-refractivity contribution is 0.105. The maximum absolute atomic E-state index is 6.27. The van der Waals surface area contributed by atoms with Gasteiger partial charge in [-0.15, -0.1) is 0 Å². The summed E-state index contributed by atoms with van der Waals surface area (Å²) in [6.07, 6.45) is 13.7. The highest BCUT2D eigenvalue weighted by molar-refractivity contribution is 5.32. The average Bonchev–Trinajstić information content (AvgIpc) is 2.76. The first-order chi connectivity index (χ1) is 13.4. The highest BCUT2D eigenvalue weighted by Gasteiger charge is 2.19. The summed E-state index contributed by atoms with van der Waals surface area (Å²) in [7, 11) is 0. The molecule has 0 aliphatic heterocycles. The van der Waals surface area contributed by atoms with E-state index in [1.54, 1.807) is 0 Å². The molecule has 2 aromatic rings. The molecule has 27 heavy (non-hydrogen) atoms. The summed E-state index contributed by atoms with van der Waals surface area (Å²) in [6, 6.07) is 18.0. The van der Waals surface area contributed by atoms with Crippen LogP contribution >= 0.6 is 0 Å². The summed E-state index contributed by atoms with van der Waals surface area (Å²) in [6.45, 7) is 1.48. The van der Waals surface area contributed by atoms with Crippen LogP contribution in [0.4, 0.5) is 0 Å². The molecule has 2 aliphatic carbocycles. The lowest BCUT2D eigenvalue weighted by Crippen LogP contribution is -2.10. The molecule has 2 aliphatic rings. The Morgan fingerprint density at radius 2 is 0.963 bits per heavy atom. The molecule has 0 aromatic heterocycles. The standard InChI is InChI=1S/C26H34O/c1-3-11-21(12-4-1)25-17-9-7-15-23(25)19-27-20-24-16-8-10-18-26(24)22-13-5-2-6-14-22/h7-10,15-18,21-22H,1-6,11-14,19-20H2. The summed E-state index contributed by atoms with van der Waals surface area (Å²) < 4.78 is 6.27. The molecule has 0 bridgehead atoms. The second-order valence-electron chi connectivity index (χ2n) is 8.56. The van der Waals surface area contributed by atoms with E-state index in [0.717, 1.165) is 25.0 Å². The number of hydrogen-bond acceptors (Lipinski definition) is 1. The molecule has 2 saturated carbocycles. The van der Waals surface area contributed by atoms with Gasteiger partial charge in [0, 0.05) is 0 Å². The highest BCUT2D eigenvalue weighted by Crippen LogP contribution is 2.36. The van der Waals surface area contributed by atoms with E-state index in [-0.39, 0.29) is 0 Å². The Hall–Kier alpha value is -1.60. The maximum atomic E-state index is 6.27. The van der Waals surface area contributed by atoms with Crippen molar-refractivity contribution >= 4 is 0 Å². The van der Waals surface area contributed by atoms with Crippen LogP contribution < -0.4 is 0 Å². The van der Waals surface area contributed by atoms with Gasteiger partial charge in [0.25, 0.3) is 0 Å². The molecule has 1 heteroatoms. The smallest absolute Gasteiger partial charge is 0.0724 e. The van der Waals surface area contributed by atoms with Crippen LogP contribution in [0.3, 0.4) is 0 Å². The largest absolute Gasteiger partial charge is 0.372 e. The summed E-state index contributed by atoms with van der Waals surface area (Å²) in [5, 5.41) is 0. The molecule has 0 radical (unpaired) electrons. The number of benzene rings is 2. The Bertz CT molecular complexity index is 646. The van der Waals surface area contributed by atoms with Gasteiger partial charge in [0.15, 0.2) is 0 Å². The maximum Gasteiger partial charge on any atom is 0.0724 e. The predicted molar refractivity (Wildman–Crippen MR) is 113 cm³/mol. The van der Waals surface area contributed by atoms with Gasteiger partial charge in [-0.3, -0.25) is 0 Å². The first kappa shape index (κ1) is 18.7. The summed E-state index contributed by atoms with van der Waals surface area (Å²) in [5.74, 6) is 1.49. The van der Waals surface area contributed by atoms with E-state index < -0.39 is 0 Å². The molecule has 0 unspecified atom stereocenters. The van der Waals surface area contributed by atoms with Crippen LogP contribution in [0.5, 0.6) is 0 Å². The van der Waals surface area contributed by atoms with Crippen molar-refractivity contribution in [1.82, 2.24) is 0 Å². The van der Waals surface area contributed by atoms with Crippen LogP contribution in [0, 0.1) is 0 Å². The van der Waals surface area contributed by atoms with Gasteiger partial charge in [-0.1, -0.05) is 87.1 Å². The summed E-state index contributed by atoms with van der Waals surface area (Å²) in [4.78, 5) is 0. The van der Waals surface area contributed by atoms with Crippen LogP contribution in [0.25, 0.3) is 0 Å². The van der Waals surface area contributed by atoms with E-state index >= 15 is 0 Å². The van der Waals surface area contributed by atoms with E-state index in [0.29, 0.717) is 0 Å². The Kier molecular flexibility index (Phi) is 6.63. The Labute approximate surface area is 165 Å². The topological polar surface area (TPSA) is 9.23 Å². The molecule has 0 atom stereocenters. The van der Waals surface area contributed by atoms with Gasteiger partial charge in [-0.2, -0.15) is 0 Å². The van der Waals surface area contributed by atoms with Crippen molar-refractivity contribution < 1.29 is 4.74 Å². The van der Waals surface area contributed by atoms with Crippen LogP contribution in [0.2, 0.25) is 0 Å². The van der Waals surface area contributed by atoms with Crippen molar-refractivity contribution in [3.63, 3.8) is 0 Å². The molecule has 144 valence electrons. The molecule has 0 saturated heterocycles. The van der Waals surface area contributed by atoms with E-state index in [2.05, 4.69) is 48.5 Å². The average molecular weight is 363 g/mol. The zero-order chi connectivity index (χ0) is 18.3. The first-order valence-corrected chi connectivity index (χ1v) is 11.1. The highest BCUT2D eigenvalue weighted by atomic mass is 16.5. The Morgan fingerprint density at radius 3 is 1.41 bits per heavy atom. The van der Waals surface area contributed by atoms with Crippen molar-refractivity contribution in [3.05, 3.63) is 70.8 Å². The third kappa shape index (κ3) is 4.82. The molecular formula is C26H34O. The van der Waals surface area contributed by atoms with Gasteiger partial charge in [0.05, 0.1) is 13.2 Å². The molecule has 4 rings (SSSR count).